The third-order valence-electron chi connectivity index (χ3n) is 3.97. The molecular weight excluding hydrogens is 222 g/mol. The second-order valence-corrected chi connectivity index (χ2v) is 5.50. The lowest BCUT2D eigenvalue weighted by molar-refractivity contribution is 0.389. The molecule has 1 aromatic rings. The van der Waals surface area contributed by atoms with Crippen molar-refractivity contribution >= 4 is 5.69 Å². The molecule has 3 heteroatoms. The van der Waals surface area contributed by atoms with Gasteiger partial charge in [-0.25, -0.2) is 0 Å². The lowest BCUT2D eigenvalue weighted by atomic mass is 10.0. The smallest absolute Gasteiger partial charge is 0.0363 e. The molecule has 2 rings (SSSR count). The maximum Gasteiger partial charge on any atom is 0.0363 e. The summed E-state index contributed by atoms with van der Waals surface area (Å²) in [4.78, 5) is 4.78. The molecule has 0 aromatic heterocycles. The Balaban J connectivity index is 1.81. The first-order valence-electron chi connectivity index (χ1n) is 6.87. The first kappa shape index (κ1) is 13.4. The van der Waals surface area contributed by atoms with E-state index in [1.54, 1.807) is 0 Å². The van der Waals surface area contributed by atoms with Crippen LogP contribution in [-0.4, -0.2) is 38.6 Å². The first-order valence-corrected chi connectivity index (χ1v) is 6.87. The molecule has 1 saturated heterocycles. The zero-order valence-corrected chi connectivity index (χ0v) is 11.6. The lowest BCUT2D eigenvalue weighted by Crippen LogP contribution is -2.22. The highest BCUT2D eigenvalue weighted by molar-refractivity contribution is 5.46. The van der Waals surface area contributed by atoms with Crippen molar-refractivity contribution in [2.45, 2.75) is 19.4 Å². The van der Waals surface area contributed by atoms with Crippen molar-refractivity contribution in [3.63, 3.8) is 0 Å². The third kappa shape index (κ3) is 3.47. The van der Waals surface area contributed by atoms with Gasteiger partial charge in [0.2, 0.25) is 0 Å². The molecule has 18 heavy (non-hydrogen) atoms. The fraction of sp³-hybridized carbons (Fsp3) is 0.600. The zero-order chi connectivity index (χ0) is 13.0. The van der Waals surface area contributed by atoms with Crippen LogP contribution < -0.4 is 10.6 Å². The largest absolute Gasteiger partial charge is 0.375 e. The van der Waals surface area contributed by atoms with Gasteiger partial charge >= 0.3 is 0 Å². The van der Waals surface area contributed by atoms with E-state index in [1.807, 2.05) is 0 Å². The number of hydrogen-bond acceptors (Lipinski definition) is 3. The van der Waals surface area contributed by atoms with Crippen LogP contribution in [-0.2, 0) is 6.54 Å². The van der Waals surface area contributed by atoms with Crippen molar-refractivity contribution in [3.05, 3.63) is 29.8 Å². The molecule has 1 aromatic carbocycles. The second-order valence-electron chi connectivity index (χ2n) is 5.50. The van der Waals surface area contributed by atoms with Crippen LogP contribution >= 0.6 is 0 Å². The van der Waals surface area contributed by atoms with Crippen LogP contribution in [0.15, 0.2) is 24.3 Å². The van der Waals surface area contributed by atoms with E-state index in [-0.39, 0.29) is 0 Å². The summed E-state index contributed by atoms with van der Waals surface area (Å²) in [6.45, 7) is 4.29. The van der Waals surface area contributed by atoms with E-state index < -0.39 is 0 Å². The Bertz CT molecular complexity index is 361. The second kappa shape index (κ2) is 6.21. The predicted octanol–water partition coefficient (Wildman–Crippen LogP) is 1.92. The number of nitrogens with zero attached hydrogens (tertiary/aromatic N) is 2. The third-order valence-corrected chi connectivity index (χ3v) is 3.97. The predicted molar refractivity (Wildman–Crippen MR) is 77.8 cm³/mol. The summed E-state index contributed by atoms with van der Waals surface area (Å²) in [5.41, 5.74) is 8.10. The van der Waals surface area contributed by atoms with Crippen molar-refractivity contribution < 1.29 is 0 Å². The Hall–Kier alpha value is -1.06. The van der Waals surface area contributed by atoms with Crippen LogP contribution in [0.2, 0.25) is 0 Å². The van der Waals surface area contributed by atoms with Crippen LogP contribution in [0, 0.1) is 5.92 Å². The molecule has 1 fully saturated rings. The molecule has 0 aliphatic carbocycles. The fourth-order valence-electron chi connectivity index (χ4n) is 2.65. The molecular formula is C15H25N3. The number of hydrogen-bond donors (Lipinski definition) is 1. The lowest BCUT2D eigenvalue weighted by Gasteiger charge is -2.21. The number of benzene rings is 1. The fourth-order valence-corrected chi connectivity index (χ4v) is 2.65. The molecule has 1 atom stereocenters. The summed E-state index contributed by atoms with van der Waals surface area (Å²) in [6.07, 6.45) is 2.65. The van der Waals surface area contributed by atoms with E-state index in [4.69, 9.17) is 5.73 Å². The molecule has 0 radical (unpaired) electrons. The van der Waals surface area contributed by atoms with Gasteiger partial charge in [-0.15, -0.1) is 0 Å². The summed E-state index contributed by atoms with van der Waals surface area (Å²) in [5, 5.41) is 0. The Morgan fingerprint density at radius 2 is 2.06 bits per heavy atom. The maximum atomic E-state index is 5.61. The number of likely N-dealkylation sites (tertiary alicyclic amines) is 1. The van der Waals surface area contributed by atoms with Gasteiger partial charge in [-0.2, -0.15) is 0 Å². The summed E-state index contributed by atoms with van der Waals surface area (Å²) in [5.74, 6) is 0.876. The zero-order valence-electron chi connectivity index (χ0n) is 11.6. The molecule has 0 spiro atoms. The highest BCUT2D eigenvalue weighted by Gasteiger charge is 2.19. The Morgan fingerprint density at radius 1 is 1.33 bits per heavy atom. The molecule has 3 nitrogen and oxygen atoms in total. The van der Waals surface area contributed by atoms with E-state index >= 15 is 0 Å². The monoisotopic (exact) mass is 247 g/mol. The quantitative estimate of drug-likeness (QED) is 0.863. The van der Waals surface area contributed by atoms with E-state index in [1.165, 1.54) is 37.2 Å². The molecule has 1 aliphatic rings. The minimum Gasteiger partial charge on any atom is -0.375 e. The normalized spacial score (nSPS) is 20.3. The van der Waals surface area contributed by atoms with Gasteiger partial charge in [-0.05, 0) is 50.0 Å². The molecule has 0 bridgehead atoms. The number of rotatable bonds is 5. The van der Waals surface area contributed by atoms with Crippen LogP contribution in [0.1, 0.15) is 18.4 Å². The van der Waals surface area contributed by atoms with Crippen LogP contribution in [0.5, 0.6) is 0 Å². The van der Waals surface area contributed by atoms with Crippen molar-refractivity contribution in [1.82, 2.24) is 4.90 Å². The van der Waals surface area contributed by atoms with Gasteiger partial charge in [0.25, 0.3) is 0 Å². The highest BCUT2D eigenvalue weighted by atomic mass is 15.1. The van der Waals surface area contributed by atoms with Gasteiger partial charge in [0.05, 0.1) is 0 Å². The number of nitrogens with two attached hydrogens (primary N) is 1. The molecule has 0 saturated carbocycles. The molecule has 2 N–H and O–H groups in total. The van der Waals surface area contributed by atoms with Gasteiger partial charge < -0.3 is 15.5 Å². The summed E-state index contributed by atoms with van der Waals surface area (Å²) in [7, 11) is 4.39. The minimum absolute atomic E-state index is 0.623. The number of anilines is 1. The summed E-state index contributed by atoms with van der Waals surface area (Å²) in [6, 6.07) is 8.58. The van der Waals surface area contributed by atoms with E-state index in [2.05, 4.69) is 48.2 Å². The SMILES string of the molecule is CN1CCC(CCN(C)c2ccc(CN)cc2)C1. The van der Waals surface area contributed by atoms with Gasteiger partial charge in [0.1, 0.15) is 0 Å². The Kier molecular flexibility index (Phi) is 4.61. The Morgan fingerprint density at radius 3 is 2.61 bits per heavy atom. The van der Waals surface area contributed by atoms with Gasteiger partial charge in [0.15, 0.2) is 0 Å². The Labute approximate surface area is 111 Å². The van der Waals surface area contributed by atoms with Crippen LogP contribution in [0.25, 0.3) is 0 Å². The van der Waals surface area contributed by atoms with Crippen molar-refractivity contribution in [3.8, 4) is 0 Å². The maximum absolute atomic E-state index is 5.61. The molecule has 1 unspecified atom stereocenters. The summed E-state index contributed by atoms with van der Waals surface area (Å²) < 4.78 is 0. The first-order chi connectivity index (χ1) is 8.69. The topological polar surface area (TPSA) is 32.5 Å². The van der Waals surface area contributed by atoms with Crippen LogP contribution in [0.3, 0.4) is 0 Å². The van der Waals surface area contributed by atoms with E-state index in [0.717, 1.165) is 12.5 Å². The minimum atomic E-state index is 0.623. The van der Waals surface area contributed by atoms with Crippen molar-refractivity contribution in [2.24, 2.45) is 11.7 Å². The average Bonchev–Trinajstić information content (AvgIpc) is 2.82. The van der Waals surface area contributed by atoms with Gasteiger partial charge in [0, 0.05) is 32.4 Å². The van der Waals surface area contributed by atoms with Gasteiger partial charge in [-0.3, -0.25) is 0 Å². The molecule has 1 heterocycles. The summed E-state index contributed by atoms with van der Waals surface area (Å²) >= 11 is 0. The van der Waals surface area contributed by atoms with E-state index in [9.17, 15) is 0 Å². The van der Waals surface area contributed by atoms with Crippen molar-refractivity contribution in [2.75, 3.05) is 38.6 Å². The van der Waals surface area contributed by atoms with Gasteiger partial charge in [-0.1, -0.05) is 12.1 Å². The molecule has 1 aliphatic heterocycles. The van der Waals surface area contributed by atoms with E-state index in [0.29, 0.717) is 6.54 Å². The van der Waals surface area contributed by atoms with Crippen molar-refractivity contribution in [1.29, 1.82) is 0 Å². The standard InChI is InChI=1S/C15H25N3/c1-17-9-7-14(12-17)8-10-18(2)15-5-3-13(11-16)4-6-15/h3-6,14H,7-12,16H2,1-2H3. The van der Waals surface area contributed by atoms with Crippen LogP contribution in [0.4, 0.5) is 5.69 Å². The molecule has 100 valence electrons. The highest BCUT2D eigenvalue weighted by Crippen LogP contribution is 2.20. The molecule has 0 amide bonds. The average molecular weight is 247 g/mol.